The number of hydrogen-bond acceptors (Lipinski definition) is 3. The molecule has 136 valence electrons. The second-order valence-corrected chi connectivity index (χ2v) is 7.14. The molecule has 2 saturated heterocycles. The molecule has 2 fully saturated rings. The number of nitrogens with zero attached hydrogens (tertiary/aromatic N) is 2. The average molecular weight is 448 g/mol. The summed E-state index contributed by atoms with van der Waals surface area (Å²) < 4.78 is 19.1. The highest BCUT2D eigenvalue weighted by molar-refractivity contribution is 14.0. The van der Waals surface area contributed by atoms with Gasteiger partial charge >= 0.3 is 0 Å². The Morgan fingerprint density at radius 3 is 2.17 bits per heavy atom. The largest absolute Gasteiger partial charge is 0.490 e. The van der Waals surface area contributed by atoms with E-state index in [1.165, 1.54) is 51.2 Å². The predicted octanol–water partition coefficient (Wildman–Crippen LogP) is 4.02. The highest BCUT2D eigenvalue weighted by Gasteiger charge is 2.22. The minimum absolute atomic E-state index is 0. The molecule has 0 radical (unpaired) electrons. The van der Waals surface area contributed by atoms with E-state index in [0.29, 0.717) is 5.75 Å². The van der Waals surface area contributed by atoms with Crippen LogP contribution in [0.5, 0.6) is 5.75 Å². The topological polar surface area (TPSA) is 15.7 Å². The van der Waals surface area contributed by atoms with E-state index in [2.05, 4.69) is 16.7 Å². The summed E-state index contributed by atoms with van der Waals surface area (Å²) in [6, 6.07) is 6.48. The highest BCUT2D eigenvalue weighted by Crippen LogP contribution is 2.20. The average Bonchev–Trinajstić information content (AvgIpc) is 2.56. The fourth-order valence-corrected chi connectivity index (χ4v) is 3.55. The van der Waals surface area contributed by atoms with E-state index < -0.39 is 0 Å². The molecule has 3 rings (SSSR count). The first-order valence-corrected chi connectivity index (χ1v) is 9.06. The van der Waals surface area contributed by atoms with Crippen LogP contribution < -0.4 is 4.74 Å². The summed E-state index contributed by atoms with van der Waals surface area (Å²) in [6.07, 6.45) is 5.00. The molecule has 0 unspecified atom stereocenters. The number of piperidine rings is 2. The summed E-state index contributed by atoms with van der Waals surface area (Å²) in [6.45, 7) is 9.43. The van der Waals surface area contributed by atoms with Gasteiger partial charge in [0.1, 0.15) is 17.7 Å². The van der Waals surface area contributed by atoms with E-state index in [4.69, 9.17) is 4.74 Å². The van der Waals surface area contributed by atoms with E-state index in [1.807, 2.05) is 6.07 Å². The second kappa shape index (κ2) is 9.92. The zero-order chi connectivity index (χ0) is 16.1. The van der Waals surface area contributed by atoms with Crippen molar-refractivity contribution in [2.75, 3.05) is 39.3 Å². The molecule has 0 aromatic heterocycles. The highest BCUT2D eigenvalue weighted by atomic mass is 127. The first kappa shape index (κ1) is 19.9. The van der Waals surface area contributed by atoms with Gasteiger partial charge < -0.3 is 14.5 Å². The lowest BCUT2D eigenvalue weighted by molar-refractivity contribution is 0.0880. The Morgan fingerprint density at radius 2 is 1.58 bits per heavy atom. The molecule has 1 aromatic rings. The molecule has 0 amide bonds. The van der Waals surface area contributed by atoms with Gasteiger partial charge in [0.25, 0.3) is 0 Å². The first-order valence-electron chi connectivity index (χ1n) is 9.06. The van der Waals surface area contributed by atoms with Crippen LogP contribution in [0, 0.1) is 11.7 Å². The van der Waals surface area contributed by atoms with Crippen molar-refractivity contribution in [3.63, 3.8) is 0 Å². The lowest BCUT2D eigenvalue weighted by atomic mass is 9.99. The van der Waals surface area contributed by atoms with Crippen LogP contribution in [-0.4, -0.2) is 55.2 Å². The number of halogens is 2. The van der Waals surface area contributed by atoms with Crippen molar-refractivity contribution >= 4 is 24.0 Å². The van der Waals surface area contributed by atoms with Gasteiger partial charge in [-0.3, -0.25) is 0 Å². The van der Waals surface area contributed by atoms with E-state index in [0.717, 1.165) is 31.8 Å². The van der Waals surface area contributed by atoms with Crippen LogP contribution in [0.3, 0.4) is 0 Å². The van der Waals surface area contributed by atoms with Crippen molar-refractivity contribution in [2.24, 2.45) is 5.92 Å². The van der Waals surface area contributed by atoms with Crippen molar-refractivity contribution in [1.82, 2.24) is 9.80 Å². The minimum atomic E-state index is -0.226. The second-order valence-electron chi connectivity index (χ2n) is 7.14. The lowest BCUT2D eigenvalue weighted by Crippen LogP contribution is -2.43. The molecule has 24 heavy (non-hydrogen) atoms. The Hall–Kier alpha value is -0.400. The van der Waals surface area contributed by atoms with Crippen LogP contribution in [-0.2, 0) is 0 Å². The molecule has 0 bridgehead atoms. The molecule has 0 saturated carbocycles. The molecule has 2 aliphatic heterocycles. The van der Waals surface area contributed by atoms with Crippen LogP contribution in [0.15, 0.2) is 24.3 Å². The summed E-state index contributed by atoms with van der Waals surface area (Å²) >= 11 is 0. The van der Waals surface area contributed by atoms with Gasteiger partial charge in [-0.1, -0.05) is 13.0 Å². The van der Waals surface area contributed by atoms with Gasteiger partial charge in [0, 0.05) is 32.2 Å². The molecule has 0 aliphatic carbocycles. The number of rotatable bonds is 5. The van der Waals surface area contributed by atoms with Gasteiger partial charge in [-0.05, 0) is 56.8 Å². The molecule has 0 atom stereocenters. The monoisotopic (exact) mass is 448 g/mol. The molecular weight excluding hydrogens is 418 g/mol. The van der Waals surface area contributed by atoms with Crippen molar-refractivity contribution in [3.8, 4) is 5.75 Å². The van der Waals surface area contributed by atoms with Crippen molar-refractivity contribution < 1.29 is 9.13 Å². The number of hydrogen-bond donors (Lipinski definition) is 0. The summed E-state index contributed by atoms with van der Waals surface area (Å²) in [7, 11) is 0. The van der Waals surface area contributed by atoms with Crippen LogP contribution in [0.1, 0.15) is 32.6 Å². The summed E-state index contributed by atoms with van der Waals surface area (Å²) in [4.78, 5) is 5.15. The Balaban J connectivity index is 0.00000208. The molecule has 0 N–H and O–H groups in total. The molecule has 0 spiro atoms. The van der Waals surface area contributed by atoms with Crippen LogP contribution in [0.25, 0.3) is 0 Å². The normalized spacial score (nSPS) is 21.4. The Labute approximate surface area is 162 Å². The van der Waals surface area contributed by atoms with Crippen LogP contribution in [0.2, 0.25) is 0 Å². The summed E-state index contributed by atoms with van der Waals surface area (Å²) in [5.41, 5.74) is 0. The third-order valence-corrected chi connectivity index (χ3v) is 5.24. The van der Waals surface area contributed by atoms with E-state index in [-0.39, 0.29) is 35.9 Å². The quantitative estimate of drug-likeness (QED) is 0.633. The SMILES string of the molecule is CC1CCN(CCN2CCC(Oc3cccc(F)c3)CC2)CC1.I. The summed E-state index contributed by atoms with van der Waals surface area (Å²) in [5.74, 6) is 1.34. The maximum atomic E-state index is 13.2. The predicted molar refractivity (Wildman–Crippen MR) is 107 cm³/mol. The zero-order valence-electron chi connectivity index (χ0n) is 14.6. The van der Waals surface area contributed by atoms with Gasteiger partial charge in [0.15, 0.2) is 0 Å². The minimum Gasteiger partial charge on any atom is -0.490 e. The Morgan fingerprint density at radius 1 is 1.00 bits per heavy atom. The standard InChI is InChI=1S/C19H29FN2O.HI/c1-16-5-9-21(10-6-16)13-14-22-11-7-18(8-12-22)23-19-4-2-3-17(20)15-19;/h2-4,15-16,18H,5-14H2,1H3;1H. The van der Waals surface area contributed by atoms with Crippen molar-refractivity contribution in [3.05, 3.63) is 30.1 Å². The number of likely N-dealkylation sites (tertiary alicyclic amines) is 2. The maximum Gasteiger partial charge on any atom is 0.126 e. The summed E-state index contributed by atoms with van der Waals surface area (Å²) in [5, 5.41) is 0. The Bertz CT molecular complexity index is 486. The lowest BCUT2D eigenvalue weighted by Gasteiger charge is -2.35. The van der Waals surface area contributed by atoms with E-state index in [1.54, 1.807) is 6.07 Å². The first-order chi connectivity index (χ1) is 11.2. The van der Waals surface area contributed by atoms with Crippen molar-refractivity contribution in [1.29, 1.82) is 0 Å². The molecule has 3 nitrogen and oxygen atoms in total. The molecule has 5 heteroatoms. The number of benzene rings is 1. The van der Waals surface area contributed by atoms with Crippen LogP contribution in [0.4, 0.5) is 4.39 Å². The van der Waals surface area contributed by atoms with Gasteiger partial charge in [-0.15, -0.1) is 24.0 Å². The fourth-order valence-electron chi connectivity index (χ4n) is 3.55. The van der Waals surface area contributed by atoms with Gasteiger partial charge in [0.05, 0.1) is 0 Å². The third kappa shape index (κ3) is 6.15. The van der Waals surface area contributed by atoms with E-state index >= 15 is 0 Å². The Kier molecular flexibility index (Phi) is 8.23. The maximum absolute atomic E-state index is 13.2. The molecule has 1 aromatic carbocycles. The van der Waals surface area contributed by atoms with Crippen molar-refractivity contribution in [2.45, 2.75) is 38.7 Å². The molecule has 2 aliphatic rings. The van der Waals surface area contributed by atoms with Gasteiger partial charge in [-0.25, -0.2) is 4.39 Å². The molecular formula is C19H30FIN2O. The molecule has 2 heterocycles. The third-order valence-electron chi connectivity index (χ3n) is 5.24. The smallest absolute Gasteiger partial charge is 0.126 e. The van der Waals surface area contributed by atoms with Gasteiger partial charge in [0.2, 0.25) is 0 Å². The fraction of sp³-hybridized carbons (Fsp3) is 0.684. The zero-order valence-corrected chi connectivity index (χ0v) is 17.0. The van der Waals surface area contributed by atoms with E-state index in [9.17, 15) is 4.39 Å². The number of ether oxygens (including phenoxy) is 1. The van der Waals surface area contributed by atoms with Crippen LogP contribution >= 0.6 is 24.0 Å². The van der Waals surface area contributed by atoms with Gasteiger partial charge in [-0.2, -0.15) is 0 Å².